The smallest absolute Gasteiger partial charge is 0.130 e. The van der Waals surface area contributed by atoms with E-state index in [1.807, 2.05) is 6.07 Å². The van der Waals surface area contributed by atoms with Crippen LogP contribution in [0.25, 0.3) is 0 Å². The Kier molecular flexibility index (Phi) is 3.68. The van der Waals surface area contributed by atoms with Gasteiger partial charge in [0.15, 0.2) is 0 Å². The van der Waals surface area contributed by atoms with Crippen LogP contribution in [0.2, 0.25) is 5.02 Å². The van der Waals surface area contributed by atoms with Crippen molar-refractivity contribution >= 4 is 23.1 Å². The highest BCUT2D eigenvalue weighted by atomic mass is 35.5. The van der Waals surface area contributed by atoms with Gasteiger partial charge in [0, 0.05) is 44.5 Å². The van der Waals surface area contributed by atoms with Crippen LogP contribution in [-0.2, 0) is 0 Å². The van der Waals surface area contributed by atoms with Crippen molar-refractivity contribution in [3.05, 3.63) is 17.3 Å². The van der Waals surface area contributed by atoms with Crippen molar-refractivity contribution in [2.24, 2.45) is 5.41 Å². The highest BCUT2D eigenvalue weighted by Gasteiger charge is 2.45. The van der Waals surface area contributed by atoms with Gasteiger partial charge in [-0.3, -0.25) is 4.90 Å². The maximum atomic E-state index is 9.22. The fourth-order valence-electron chi connectivity index (χ4n) is 3.00. The first-order valence-corrected chi connectivity index (χ1v) is 7.72. The van der Waals surface area contributed by atoms with Crippen LogP contribution < -0.4 is 10.6 Å². The quantitative estimate of drug-likeness (QED) is 0.926. The van der Waals surface area contributed by atoms with Crippen LogP contribution in [0.5, 0.6) is 0 Å². The molecular weight excluding hydrogens is 286 g/mol. The van der Waals surface area contributed by atoms with Gasteiger partial charge in [-0.2, -0.15) is 5.26 Å². The molecule has 1 unspecified atom stereocenters. The first kappa shape index (κ1) is 14.4. The number of aromatic nitrogens is 1. The summed E-state index contributed by atoms with van der Waals surface area (Å²) in [6, 6.07) is 4.66. The Morgan fingerprint density at radius 2 is 2.29 bits per heavy atom. The highest BCUT2D eigenvalue weighted by Crippen LogP contribution is 2.45. The zero-order valence-corrected chi connectivity index (χ0v) is 13.0. The minimum atomic E-state index is -0.0646. The van der Waals surface area contributed by atoms with Gasteiger partial charge in [0.05, 0.1) is 22.2 Å². The summed E-state index contributed by atoms with van der Waals surface area (Å²) in [5.41, 5.74) is 6.37. The van der Waals surface area contributed by atoms with Crippen molar-refractivity contribution in [1.82, 2.24) is 9.88 Å². The van der Waals surface area contributed by atoms with Crippen molar-refractivity contribution in [3.8, 4) is 6.07 Å². The summed E-state index contributed by atoms with van der Waals surface area (Å²) in [6.45, 7) is 5.89. The van der Waals surface area contributed by atoms with Crippen LogP contribution in [0, 0.1) is 16.7 Å². The molecule has 0 aromatic carbocycles. The third-order valence-electron chi connectivity index (χ3n) is 4.49. The van der Waals surface area contributed by atoms with Gasteiger partial charge in [-0.25, -0.2) is 4.98 Å². The van der Waals surface area contributed by atoms with E-state index in [1.54, 1.807) is 6.20 Å². The van der Waals surface area contributed by atoms with Crippen LogP contribution >= 0.6 is 11.6 Å². The molecule has 1 aliphatic carbocycles. The zero-order valence-electron chi connectivity index (χ0n) is 12.2. The molecule has 1 aromatic heterocycles. The average molecular weight is 306 g/mol. The predicted molar refractivity (Wildman–Crippen MR) is 84.2 cm³/mol. The van der Waals surface area contributed by atoms with E-state index in [1.165, 1.54) is 0 Å². The summed E-state index contributed by atoms with van der Waals surface area (Å²) in [7, 11) is 0. The number of nitrogen functional groups attached to an aromatic ring is 1. The molecule has 2 fully saturated rings. The number of hydrogen-bond donors (Lipinski definition) is 1. The number of nitrogens with zero attached hydrogens (tertiary/aromatic N) is 4. The van der Waals surface area contributed by atoms with Crippen molar-refractivity contribution < 1.29 is 0 Å². The summed E-state index contributed by atoms with van der Waals surface area (Å²) in [5.74, 6) is 0.880. The Labute approximate surface area is 130 Å². The Bertz CT molecular complexity index is 578. The molecule has 112 valence electrons. The van der Waals surface area contributed by atoms with Gasteiger partial charge in [0.2, 0.25) is 0 Å². The molecule has 0 spiro atoms. The van der Waals surface area contributed by atoms with Gasteiger partial charge in [-0.05, 0) is 19.8 Å². The number of pyridine rings is 1. The van der Waals surface area contributed by atoms with Crippen molar-refractivity contribution in [2.75, 3.05) is 36.8 Å². The van der Waals surface area contributed by atoms with Crippen LogP contribution in [0.4, 0.5) is 11.5 Å². The van der Waals surface area contributed by atoms with Gasteiger partial charge in [0.1, 0.15) is 5.82 Å². The van der Waals surface area contributed by atoms with E-state index < -0.39 is 0 Å². The molecular formula is C15H20ClN5. The second-order valence-corrected chi connectivity index (χ2v) is 6.64. The van der Waals surface area contributed by atoms with E-state index in [4.69, 9.17) is 17.3 Å². The molecule has 2 N–H and O–H groups in total. The average Bonchev–Trinajstić information content (AvgIpc) is 3.23. The number of halogens is 1. The summed E-state index contributed by atoms with van der Waals surface area (Å²) < 4.78 is 0. The fourth-order valence-corrected chi connectivity index (χ4v) is 3.10. The standard InChI is InChI=1S/C15H20ClN5/c1-11-8-20(10-15(9-17)2-3-15)4-5-21(11)14-6-13(18)12(16)7-19-14/h6-7,11H,2-5,8,10H2,1H3,(H2,18,19). The van der Waals surface area contributed by atoms with Gasteiger partial charge >= 0.3 is 0 Å². The minimum Gasteiger partial charge on any atom is -0.397 e. The van der Waals surface area contributed by atoms with Gasteiger partial charge < -0.3 is 10.6 Å². The normalized spacial score (nSPS) is 24.6. The molecule has 2 aliphatic rings. The summed E-state index contributed by atoms with van der Waals surface area (Å²) in [4.78, 5) is 9.04. The first-order valence-electron chi connectivity index (χ1n) is 7.34. The molecule has 0 bridgehead atoms. The molecule has 1 aliphatic heterocycles. The zero-order chi connectivity index (χ0) is 15.0. The molecule has 5 nitrogen and oxygen atoms in total. The van der Waals surface area contributed by atoms with Crippen LogP contribution in [0.1, 0.15) is 19.8 Å². The molecule has 2 heterocycles. The predicted octanol–water partition coefficient (Wildman–Crippen LogP) is 2.13. The van der Waals surface area contributed by atoms with Gasteiger partial charge in [-0.1, -0.05) is 11.6 Å². The first-order chi connectivity index (χ1) is 10.0. The molecule has 0 amide bonds. The lowest BCUT2D eigenvalue weighted by Gasteiger charge is -2.41. The van der Waals surface area contributed by atoms with E-state index in [9.17, 15) is 5.26 Å². The van der Waals surface area contributed by atoms with E-state index in [-0.39, 0.29) is 5.41 Å². The number of nitrogens with two attached hydrogens (primary N) is 1. The molecule has 1 saturated heterocycles. The summed E-state index contributed by atoms with van der Waals surface area (Å²) in [6.07, 6.45) is 3.71. The van der Waals surface area contributed by atoms with Gasteiger partial charge in [-0.15, -0.1) is 0 Å². The molecule has 1 aromatic rings. The summed E-state index contributed by atoms with van der Waals surface area (Å²) >= 11 is 5.93. The molecule has 21 heavy (non-hydrogen) atoms. The van der Waals surface area contributed by atoms with E-state index in [0.717, 1.165) is 44.8 Å². The molecule has 0 radical (unpaired) electrons. The van der Waals surface area contributed by atoms with Crippen LogP contribution in [0.3, 0.4) is 0 Å². The second-order valence-electron chi connectivity index (χ2n) is 6.23. The Morgan fingerprint density at radius 3 is 2.86 bits per heavy atom. The maximum absolute atomic E-state index is 9.22. The largest absolute Gasteiger partial charge is 0.397 e. The van der Waals surface area contributed by atoms with Crippen molar-refractivity contribution in [2.45, 2.75) is 25.8 Å². The number of nitriles is 1. The maximum Gasteiger partial charge on any atom is 0.130 e. The van der Waals surface area contributed by atoms with Gasteiger partial charge in [0.25, 0.3) is 0 Å². The number of rotatable bonds is 3. The highest BCUT2D eigenvalue weighted by molar-refractivity contribution is 6.32. The van der Waals surface area contributed by atoms with E-state index in [2.05, 4.69) is 27.8 Å². The monoisotopic (exact) mass is 305 g/mol. The topological polar surface area (TPSA) is 69.2 Å². The Balaban J connectivity index is 1.65. The van der Waals surface area contributed by atoms with Crippen molar-refractivity contribution in [3.63, 3.8) is 0 Å². The third kappa shape index (κ3) is 2.92. The SMILES string of the molecule is CC1CN(CC2(C#N)CC2)CCN1c1cc(N)c(Cl)cn1. The molecule has 1 saturated carbocycles. The summed E-state index contributed by atoms with van der Waals surface area (Å²) in [5, 5.41) is 9.71. The fraction of sp³-hybridized carbons (Fsp3) is 0.600. The minimum absolute atomic E-state index is 0.0646. The molecule has 1 atom stereocenters. The molecule has 6 heteroatoms. The Morgan fingerprint density at radius 1 is 1.52 bits per heavy atom. The third-order valence-corrected chi connectivity index (χ3v) is 4.81. The number of hydrogen-bond acceptors (Lipinski definition) is 5. The lowest BCUT2D eigenvalue weighted by Crippen LogP contribution is -2.53. The van der Waals surface area contributed by atoms with Crippen LogP contribution in [0.15, 0.2) is 12.3 Å². The van der Waals surface area contributed by atoms with Crippen LogP contribution in [-0.4, -0.2) is 42.1 Å². The lowest BCUT2D eigenvalue weighted by molar-refractivity contribution is 0.204. The molecule has 3 rings (SSSR count). The number of piperazine rings is 1. The van der Waals surface area contributed by atoms with E-state index in [0.29, 0.717) is 16.8 Å². The van der Waals surface area contributed by atoms with E-state index >= 15 is 0 Å². The second kappa shape index (κ2) is 5.36. The lowest BCUT2D eigenvalue weighted by atomic mass is 10.1. The number of anilines is 2. The Hall–Kier alpha value is -1.51. The van der Waals surface area contributed by atoms with Crippen molar-refractivity contribution in [1.29, 1.82) is 5.26 Å².